The van der Waals surface area contributed by atoms with E-state index in [1.54, 1.807) is 24.3 Å². The number of carbonyl (C=O) groups excluding carboxylic acids is 2. The quantitative estimate of drug-likeness (QED) is 0.708. The van der Waals surface area contributed by atoms with Crippen LogP contribution in [0, 0.1) is 11.3 Å². The minimum absolute atomic E-state index is 0.0239. The Morgan fingerprint density at radius 2 is 1.77 bits per heavy atom. The molecule has 7 nitrogen and oxygen atoms in total. The number of halogens is 1. The van der Waals surface area contributed by atoms with Crippen LogP contribution in [0.3, 0.4) is 0 Å². The largest absolute Gasteiger partial charge is 0.444 e. The highest BCUT2D eigenvalue weighted by molar-refractivity contribution is 6.30. The fourth-order valence-electron chi connectivity index (χ4n) is 3.63. The second kappa shape index (κ2) is 8.88. The summed E-state index contributed by atoms with van der Waals surface area (Å²) >= 11 is 6.10. The Bertz CT molecular complexity index is 1000. The molecule has 0 saturated heterocycles. The Morgan fingerprint density at radius 3 is 2.37 bits per heavy atom. The molecule has 3 rings (SSSR count). The molecule has 0 aliphatic heterocycles. The van der Waals surface area contributed by atoms with Crippen LogP contribution in [0.4, 0.5) is 4.79 Å². The lowest BCUT2D eigenvalue weighted by Gasteiger charge is -2.30. The smallest absolute Gasteiger partial charge is 0.407 e. The number of nitrogens with one attached hydrogen (secondary N) is 2. The Kier molecular flexibility index (Phi) is 6.47. The van der Waals surface area contributed by atoms with E-state index in [4.69, 9.17) is 16.3 Å². The van der Waals surface area contributed by atoms with Crippen molar-refractivity contribution in [2.24, 2.45) is 0 Å². The first-order valence-corrected chi connectivity index (χ1v) is 10.3. The number of aromatic nitrogens is 1. The van der Waals surface area contributed by atoms with Crippen molar-refractivity contribution in [2.45, 2.75) is 64.1 Å². The third-order valence-corrected chi connectivity index (χ3v) is 5.16. The highest BCUT2D eigenvalue weighted by Gasteiger charge is 2.26. The topological polar surface area (TPSA) is 104 Å². The summed E-state index contributed by atoms with van der Waals surface area (Å²) in [4.78, 5) is 29.0. The van der Waals surface area contributed by atoms with Gasteiger partial charge in [-0.15, -0.1) is 0 Å². The van der Waals surface area contributed by atoms with E-state index in [1.165, 1.54) is 0 Å². The van der Waals surface area contributed by atoms with Gasteiger partial charge in [0.15, 0.2) is 0 Å². The third-order valence-electron chi connectivity index (χ3n) is 4.96. The maximum Gasteiger partial charge on any atom is 0.407 e. The molecule has 2 N–H and O–H groups in total. The van der Waals surface area contributed by atoms with Gasteiger partial charge >= 0.3 is 6.09 Å². The zero-order valence-corrected chi connectivity index (χ0v) is 18.0. The first kappa shape index (κ1) is 21.8. The number of amides is 2. The van der Waals surface area contributed by atoms with Crippen molar-refractivity contribution in [1.82, 2.24) is 15.6 Å². The number of carbonyl (C=O) groups is 2. The number of alkyl carbamates (subject to hydrolysis) is 1. The van der Waals surface area contributed by atoms with Crippen LogP contribution >= 0.6 is 11.6 Å². The molecule has 0 unspecified atom stereocenters. The van der Waals surface area contributed by atoms with Gasteiger partial charge in [0.1, 0.15) is 16.4 Å². The zero-order valence-electron chi connectivity index (χ0n) is 17.3. The molecule has 1 aliphatic carbocycles. The van der Waals surface area contributed by atoms with Crippen molar-refractivity contribution in [3.8, 4) is 6.07 Å². The minimum Gasteiger partial charge on any atom is -0.444 e. The average molecular weight is 429 g/mol. The second-order valence-electron chi connectivity index (χ2n) is 8.47. The number of hydrogen-bond acceptors (Lipinski definition) is 5. The van der Waals surface area contributed by atoms with E-state index in [-0.39, 0.29) is 28.8 Å². The Morgan fingerprint density at radius 1 is 1.13 bits per heavy atom. The standard InChI is InChI=1S/C22H25ClN4O3/c1-22(2,3)30-21(29)26-15-9-7-14(8-10-15)25-20(28)19-16-6-4-5-13(12-24)17(16)11-18(23)27-19/h4-6,11,14-15H,7-10H2,1-3H3,(H,25,28)(H,26,29)/t14-,15-. The monoisotopic (exact) mass is 428 g/mol. The lowest BCUT2D eigenvalue weighted by Crippen LogP contribution is -2.45. The van der Waals surface area contributed by atoms with E-state index in [1.807, 2.05) is 20.8 Å². The molecule has 2 amide bonds. The van der Waals surface area contributed by atoms with Crippen molar-refractivity contribution in [2.75, 3.05) is 0 Å². The number of pyridine rings is 1. The Labute approximate surface area is 180 Å². The van der Waals surface area contributed by atoms with Gasteiger partial charge in [-0.3, -0.25) is 4.79 Å². The molecule has 1 heterocycles. The summed E-state index contributed by atoms with van der Waals surface area (Å²) in [6.07, 6.45) is 2.53. The van der Waals surface area contributed by atoms with Gasteiger partial charge in [0.2, 0.25) is 0 Å². The maximum atomic E-state index is 12.9. The Balaban J connectivity index is 1.63. The summed E-state index contributed by atoms with van der Waals surface area (Å²) < 4.78 is 5.30. The molecule has 0 radical (unpaired) electrons. The van der Waals surface area contributed by atoms with Crippen LogP contribution in [-0.2, 0) is 4.74 Å². The zero-order chi connectivity index (χ0) is 21.9. The van der Waals surface area contributed by atoms with Crippen molar-refractivity contribution in [3.63, 3.8) is 0 Å². The Hall–Kier alpha value is -2.85. The van der Waals surface area contributed by atoms with Crippen LogP contribution in [-0.4, -0.2) is 34.7 Å². The molecule has 158 valence electrons. The molecule has 0 spiro atoms. The van der Waals surface area contributed by atoms with Gasteiger partial charge in [-0.05, 0) is 58.6 Å². The fraction of sp³-hybridized carbons (Fsp3) is 0.455. The molecular weight excluding hydrogens is 404 g/mol. The van der Waals surface area contributed by atoms with Crippen molar-refractivity contribution >= 4 is 34.4 Å². The average Bonchev–Trinajstić information content (AvgIpc) is 2.66. The van der Waals surface area contributed by atoms with E-state index in [9.17, 15) is 14.9 Å². The number of benzene rings is 1. The second-order valence-corrected chi connectivity index (χ2v) is 8.86. The van der Waals surface area contributed by atoms with Gasteiger partial charge < -0.3 is 15.4 Å². The third kappa shape index (κ3) is 5.39. The SMILES string of the molecule is CC(C)(C)OC(=O)N[C@H]1CC[C@H](NC(=O)c2nc(Cl)cc3c(C#N)cccc23)CC1. The molecule has 1 aromatic heterocycles. The maximum absolute atomic E-state index is 12.9. The number of nitrogens with zero attached hydrogens (tertiary/aromatic N) is 2. The molecule has 1 aliphatic rings. The van der Waals surface area contributed by atoms with Gasteiger partial charge in [0.05, 0.1) is 11.6 Å². The number of ether oxygens (including phenoxy) is 1. The first-order valence-electron chi connectivity index (χ1n) is 9.96. The fourth-order valence-corrected chi connectivity index (χ4v) is 3.82. The molecule has 0 bridgehead atoms. The summed E-state index contributed by atoms with van der Waals surface area (Å²) in [6, 6.07) is 8.88. The van der Waals surface area contributed by atoms with Crippen molar-refractivity contribution < 1.29 is 14.3 Å². The van der Waals surface area contributed by atoms with Crippen LogP contribution in [0.1, 0.15) is 62.5 Å². The molecule has 8 heteroatoms. The van der Waals surface area contributed by atoms with E-state index in [2.05, 4.69) is 21.7 Å². The summed E-state index contributed by atoms with van der Waals surface area (Å²) in [5, 5.41) is 16.6. The van der Waals surface area contributed by atoms with Crippen molar-refractivity contribution in [1.29, 1.82) is 5.26 Å². The van der Waals surface area contributed by atoms with E-state index in [0.29, 0.717) is 16.3 Å². The van der Waals surface area contributed by atoms with Gasteiger partial charge in [0.25, 0.3) is 5.91 Å². The molecule has 1 aromatic carbocycles. The molecule has 1 saturated carbocycles. The van der Waals surface area contributed by atoms with Crippen LogP contribution in [0.25, 0.3) is 10.8 Å². The van der Waals surface area contributed by atoms with E-state index >= 15 is 0 Å². The summed E-state index contributed by atoms with van der Waals surface area (Å²) in [5.74, 6) is -0.318. The van der Waals surface area contributed by atoms with Gasteiger partial charge in [-0.2, -0.15) is 5.26 Å². The highest BCUT2D eigenvalue weighted by Crippen LogP contribution is 2.25. The predicted molar refractivity (Wildman–Crippen MR) is 114 cm³/mol. The van der Waals surface area contributed by atoms with Crippen LogP contribution < -0.4 is 10.6 Å². The number of nitriles is 1. The van der Waals surface area contributed by atoms with E-state index < -0.39 is 11.7 Å². The highest BCUT2D eigenvalue weighted by atomic mass is 35.5. The minimum atomic E-state index is -0.534. The molecule has 1 fully saturated rings. The molecular formula is C22H25ClN4O3. The lowest BCUT2D eigenvalue weighted by molar-refractivity contribution is 0.0488. The van der Waals surface area contributed by atoms with Gasteiger partial charge in [0, 0.05) is 22.9 Å². The van der Waals surface area contributed by atoms with Crippen LogP contribution in [0.15, 0.2) is 24.3 Å². The number of fused-ring (bicyclic) bond motifs is 1. The molecule has 0 atom stereocenters. The summed E-state index contributed by atoms with van der Waals surface area (Å²) in [6.45, 7) is 5.48. The molecule has 30 heavy (non-hydrogen) atoms. The van der Waals surface area contributed by atoms with Crippen LogP contribution in [0.5, 0.6) is 0 Å². The van der Waals surface area contributed by atoms with Crippen LogP contribution in [0.2, 0.25) is 5.15 Å². The summed E-state index contributed by atoms with van der Waals surface area (Å²) in [5.41, 5.74) is 0.121. The van der Waals surface area contributed by atoms with Gasteiger partial charge in [-0.25, -0.2) is 9.78 Å². The van der Waals surface area contributed by atoms with Gasteiger partial charge in [-0.1, -0.05) is 23.7 Å². The molecule has 2 aromatic rings. The van der Waals surface area contributed by atoms with Crippen molar-refractivity contribution in [3.05, 3.63) is 40.7 Å². The number of hydrogen-bond donors (Lipinski definition) is 2. The first-order chi connectivity index (χ1) is 14.2. The predicted octanol–water partition coefficient (Wildman–Crippen LogP) is 4.33. The normalized spacial score (nSPS) is 19.0. The van der Waals surface area contributed by atoms with E-state index in [0.717, 1.165) is 25.7 Å². The number of rotatable bonds is 3. The lowest BCUT2D eigenvalue weighted by atomic mass is 9.91. The summed E-state index contributed by atoms with van der Waals surface area (Å²) in [7, 11) is 0.